The third-order valence-electron chi connectivity index (χ3n) is 3.38. The molecule has 104 valence electrons. The molecule has 0 aliphatic heterocycles. The molecule has 0 aliphatic rings. The summed E-state index contributed by atoms with van der Waals surface area (Å²) in [4.78, 5) is 0. The van der Waals surface area contributed by atoms with Gasteiger partial charge in [0.15, 0.2) is 0 Å². The van der Waals surface area contributed by atoms with Gasteiger partial charge in [-0.25, -0.2) is 0 Å². The summed E-state index contributed by atoms with van der Waals surface area (Å²) in [5.41, 5.74) is 4.93. The first-order valence-electron chi connectivity index (χ1n) is 6.49. The van der Waals surface area contributed by atoms with Gasteiger partial charge >= 0.3 is 0 Å². The third kappa shape index (κ3) is 3.80. The highest BCUT2D eigenvalue weighted by Gasteiger charge is 2.21. The minimum absolute atomic E-state index is 0.112. The van der Waals surface area contributed by atoms with E-state index in [0.29, 0.717) is 0 Å². The number of hydrogen-bond acceptors (Lipinski definition) is 4. The van der Waals surface area contributed by atoms with Gasteiger partial charge in [0, 0.05) is 13.7 Å². The van der Waals surface area contributed by atoms with Gasteiger partial charge in [-0.1, -0.05) is 0 Å². The van der Waals surface area contributed by atoms with Crippen molar-refractivity contribution in [2.75, 3.05) is 7.11 Å². The molecule has 5 heteroatoms. The van der Waals surface area contributed by atoms with Crippen molar-refractivity contribution < 1.29 is 4.74 Å². The molecule has 1 aromatic heterocycles. The number of nitrogens with zero attached hydrogens (tertiary/aromatic N) is 2. The number of methoxy groups -OCH3 is 1. The van der Waals surface area contributed by atoms with E-state index in [9.17, 15) is 0 Å². The van der Waals surface area contributed by atoms with Crippen molar-refractivity contribution >= 4 is 0 Å². The number of nitrogens with two attached hydrogens (primary N) is 1. The Morgan fingerprint density at radius 2 is 2.22 bits per heavy atom. The summed E-state index contributed by atoms with van der Waals surface area (Å²) in [6, 6.07) is 2.20. The van der Waals surface area contributed by atoms with Crippen molar-refractivity contribution in [1.82, 2.24) is 15.2 Å². The average molecular weight is 254 g/mol. The molecule has 3 N–H and O–H groups in total. The zero-order valence-corrected chi connectivity index (χ0v) is 12.2. The van der Waals surface area contributed by atoms with Crippen molar-refractivity contribution in [3.8, 4) is 0 Å². The Hall–Kier alpha value is -0.910. The van der Waals surface area contributed by atoms with Gasteiger partial charge in [-0.3, -0.25) is 16.0 Å². The summed E-state index contributed by atoms with van der Waals surface area (Å²) in [7, 11) is 1.74. The standard InChI is InChI=1S/C13H26N4O/c1-6-17-12(9-10(2)16-17)11(15-14)7-8-13(3,4)18-5/h9,11,15H,6-8,14H2,1-5H3. The molecule has 0 aromatic carbocycles. The van der Waals surface area contributed by atoms with Gasteiger partial charge in [0.05, 0.1) is 23.0 Å². The molecule has 0 saturated carbocycles. The van der Waals surface area contributed by atoms with Gasteiger partial charge in [0.2, 0.25) is 0 Å². The van der Waals surface area contributed by atoms with Crippen LogP contribution < -0.4 is 11.3 Å². The van der Waals surface area contributed by atoms with Crippen LogP contribution in [0.3, 0.4) is 0 Å². The van der Waals surface area contributed by atoms with Crippen LogP contribution in [0.1, 0.15) is 51.0 Å². The lowest BCUT2D eigenvalue weighted by Gasteiger charge is -2.25. The van der Waals surface area contributed by atoms with E-state index in [4.69, 9.17) is 10.6 Å². The number of hydrogen-bond donors (Lipinski definition) is 2. The molecule has 1 heterocycles. The maximum absolute atomic E-state index is 5.68. The van der Waals surface area contributed by atoms with Crippen LogP contribution in [0, 0.1) is 6.92 Å². The zero-order chi connectivity index (χ0) is 13.8. The van der Waals surface area contributed by atoms with E-state index in [0.717, 1.165) is 30.8 Å². The van der Waals surface area contributed by atoms with Crippen LogP contribution in [0.5, 0.6) is 0 Å². The molecule has 18 heavy (non-hydrogen) atoms. The normalized spacial score (nSPS) is 13.9. The molecule has 0 saturated heterocycles. The van der Waals surface area contributed by atoms with Gasteiger partial charge in [-0.15, -0.1) is 0 Å². The topological polar surface area (TPSA) is 65.1 Å². The highest BCUT2D eigenvalue weighted by molar-refractivity contribution is 5.13. The molecule has 0 spiro atoms. The first-order valence-corrected chi connectivity index (χ1v) is 6.49. The van der Waals surface area contributed by atoms with Gasteiger partial charge in [0.25, 0.3) is 0 Å². The Bertz CT molecular complexity index is 373. The van der Waals surface area contributed by atoms with Gasteiger partial charge in [-0.05, 0) is 46.6 Å². The summed E-state index contributed by atoms with van der Waals surface area (Å²) in [5.74, 6) is 5.68. The Balaban J connectivity index is 2.77. The molecule has 0 amide bonds. The molecule has 1 rings (SSSR count). The lowest BCUT2D eigenvalue weighted by atomic mass is 9.97. The van der Waals surface area contributed by atoms with Gasteiger partial charge in [0.1, 0.15) is 0 Å². The van der Waals surface area contributed by atoms with E-state index >= 15 is 0 Å². The highest BCUT2D eigenvalue weighted by atomic mass is 16.5. The number of aryl methyl sites for hydroxylation is 2. The minimum atomic E-state index is -0.124. The van der Waals surface area contributed by atoms with Crippen LogP contribution in [0.25, 0.3) is 0 Å². The Labute approximate surface area is 110 Å². The first kappa shape index (κ1) is 15.1. The highest BCUT2D eigenvalue weighted by Crippen LogP contribution is 2.24. The summed E-state index contributed by atoms with van der Waals surface area (Å²) in [6.45, 7) is 9.12. The second-order valence-electron chi connectivity index (χ2n) is 5.25. The lowest BCUT2D eigenvalue weighted by Crippen LogP contribution is -2.32. The second-order valence-corrected chi connectivity index (χ2v) is 5.25. The fourth-order valence-electron chi connectivity index (χ4n) is 2.01. The summed E-state index contributed by atoms with van der Waals surface area (Å²) >= 11 is 0. The van der Waals surface area contributed by atoms with Crippen molar-refractivity contribution in [1.29, 1.82) is 0 Å². The summed E-state index contributed by atoms with van der Waals surface area (Å²) in [5, 5.41) is 4.45. The molecule has 0 radical (unpaired) electrons. The molecule has 0 fully saturated rings. The lowest BCUT2D eigenvalue weighted by molar-refractivity contribution is 0.0115. The maximum Gasteiger partial charge on any atom is 0.0630 e. The van der Waals surface area contributed by atoms with E-state index in [1.54, 1.807) is 7.11 Å². The fourth-order valence-corrected chi connectivity index (χ4v) is 2.01. The van der Waals surface area contributed by atoms with E-state index in [1.165, 1.54) is 0 Å². The first-order chi connectivity index (χ1) is 8.43. The van der Waals surface area contributed by atoms with E-state index in [2.05, 4.69) is 37.4 Å². The monoisotopic (exact) mass is 254 g/mol. The van der Waals surface area contributed by atoms with Crippen molar-refractivity contribution in [2.45, 2.75) is 58.7 Å². The number of nitrogens with one attached hydrogen (secondary N) is 1. The van der Waals surface area contributed by atoms with Crippen molar-refractivity contribution in [2.24, 2.45) is 5.84 Å². The molecule has 1 aromatic rings. The number of aromatic nitrogens is 2. The fraction of sp³-hybridized carbons (Fsp3) is 0.769. The zero-order valence-electron chi connectivity index (χ0n) is 12.2. The summed E-state index contributed by atoms with van der Waals surface area (Å²) < 4.78 is 7.44. The Morgan fingerprint density at radius 3 is 2.72 bits per heavy atom. The molecule has 0 aliphatic carbocycles. The van der Waals surface area contributed by atoms with Crippen LogP contribution >= 0.6 is 0 Å². The van der Waals surface area contributed by atoms with E-state index < -0.39 is 0 Å². The average Bonchev–Trinajstić information content (AvgIpc) is 2.71. The SMILES string of the molecule is CCn1nc(C)cc1C(CCC(C)(C)OC)NN. The predicted octanol–water partition coefficient (Wildman–Crippen LogP) is 1.92. The third-order valence-corrected chi connectivity index (χ3v) is 3.38. The summed E-state index contributed by atoms with van der Waals surface area (Å²) in [6.07, 6.45) is 1.86. The Morgan fingerprint density at radius 1 is 1.56 bits per heavy atom. The van der Waals surface area contributed by atoms with E-state index in [1.807, 2.05) is 11.6 Å². The van der Waals surface area contributed by atoms with Crippen LogP contribution in [-0.4, -0.2) is 22.5 Å². The second kappa shape index (κ2) is 6.31. The molecule has 1 unspecified atom stereocenters. The van der Waals surface area contributed by atoms with E-state index in [-0.39, 0.29) is 11.6 Å². The van der Waals surface area contributed by atoms with Crippen molar-refractivity contribution in [3.05, 3.63) is 17.5 Å². The molecule has 0 bridgehead atoms. The molecule has 1 atom stereocenters. The predicted molar refractivity (Wildman–Crippen MR) is 73.0 cm³/mol. The van der Waals surface area contributed by atoms with Crippen LogP contribution in [-0.2, 0) is 11.3 Å². The number of rotatable bonds is 7. The molecular formula is C13H26N4O. The number of ether oxygens (including phenoxy) is 1. The van der Waals surface area contributed by atoms with Gasteiger partial charge < -0.3 is 4.74 Å². The van der Waals surface area contributed by atoms with Crippen LogP contribution in [0.15, 0.2) is 6.07 Å². The minimum Gasteiger partial charge on any atom is -0.379 e. The molecule has 5 nitrogen and oxygen atoms in total. The smallest absolute Gasteiger partial charge is 0.0630 e. The van der Waals surface area contributed by atoms with Crippen molar-refractivity contribution in [3.63, 3.8) is 0 Å². The van der Waals surface area contributed by atoms with Crippen LogP contribution in [0.2, 0.25) is 0 Å². The molecular weight excluding hydrogens is 228 g/mol. The maximum atomic E-state index is 5.68. The quantitative estimate of drug-likeness (QED) is 0.576. The van der Waals surface area contributed by atoms with Crippen LogP contribution in [0.4, 0.5) is 0 Å². The Kier molecular flexibility index (Phi) is 5.31. The largest absolute Gasteiger partial charge is 0.379 e. The van der Waals surface area contributed by atoms with Gasteiger partial charge in [-0.2, -0.15) is 5.10 Å². The number of hydrazine groups is 1.